The number of likely N-dealkylation sites (N-methyl/N-ethyl adjacent to an activating group) is 1. The van der Waals surface area contributed by atoms with Crippen molar-refractivity contribution >= 4 is 17.1 Å². The van der Waals surface area contributed by atoms with Gasteiger partial charge in [-0.2, -0.15) is 0 Å². The normalized spacial score (nSPS) is 18.3. The molecule has 1 heterocycles. The topological polar surface area (TPSA) is 84.9 Å². The van der Waals surface area contributed by atoms with Gasteiger partial charge in [-0.3, -0.25) is 10.1 Å². The van der Waals surface area contributed by atoms with Crippen LogP contribution in [0.3, 0.4) is 0 Å². The maximum atomic E-state index is 11.3. The van der Waals surface area contributed by atoms with Gasteiger partial charge >= 0.3 is 0 Å². The molecule has 2 N–H and O–H groups in total. The largest absolute Gasteiger partial charge is 0.495 e. The molecule has 1 aromatic carbocycles. The number of anilines is 2. The Morgan fingerprint density at radius 2 is 2.24 bits per heavy atom. The van der Waals surface area contributed by atoms with E-state index in [2.05, 4.69) is 9.80 Å². The van der Waals surface area contributed by atoms with Crippen molar-refractivity contribution in [2.75, 3.05) is 44.9 Å². The molecule has 0 bridgehead atoms. The first-order valence-corrected chi connectivity index (χ1v) is 6.97. The zero-order valence-electron chi connectivity index (χ0n) is 12.7. The van der Waals surface area contributed by atoms with Crippen molar-refractivity contribution in [1.29, 1.82) is 0 Å². The molecule has 0 saturated carbocycles. The lowest BCUT2D eigenvalue weighted by atomic mass is 10.1. The monoisotopic (exact) mass is 294 g/mol. The summed E-state index contributed by atoms with van der Waals surface area (Å²) >= 11 is 0. The Labute approximate surface area is 124 Å². The third-order valence-corrected chi connectivity index (χ3v) is 3.79. The molecule has 1 aliphatic heterocycles. The summed E-state index contributed by atoms with van der Waals surface area (Å²) < 4.78 is 5.21. The maximum Gasteiger partial charge on any atom is 0.294 e. The predicted molar refractivity (Wildman–Crippen MR) is 83.0 cm³/mol. The van der Waals surface area contributed by atoms with Crippen LogP contribution in [-0.4, -0.2) is 50.2 Å². The van der Waals surface area contributed by atoms with E-state index in [4.69, 9.17) is 10.5 Å². The van der Waals surface area contributed by atoms with Gasteiger partial charge in [-0.05, 0) is 26.9 Å². The Bertz CT molecular complexity index is 533. The standard InChI is InChI=1S/C14H22N4O3/c1-16(2)9-10-5-4-6-17(10)12-8-14(21-3)11(15)7-13(12)18(19)20/h7-8,10H,4-6,9,15H2,1-3H3/t10-/m1/s1. The van der Waals surface area contributed by atoms with Gasteiger partial charge in [-0.25, -0.2) is 0 Å². The van der Waals surface area contributed by atoms with Crippen LogP contribution >= 0.6 is 0 Å². The molecule has 0 spiro atoms. The summed E-state index contributed by atoms with van der Waals surface area (Å²) in [7, 11) is 5.53. The van der Waals surface area contributed by atoms with Gasteiger partial charge in [0.05, 0.1) is 17.7 Å². The van der Waals surface area contributed by atoms with Crippen LogP contribution in [0.2, 0.25) is 0 Å². The molecule has 0 amide bonds. The van der Waals surface area contributed by atoms with Crippen molar-refractivity contribution in [2.45, 2.75) is 18.9 Å². The lowest BCUT2D eigenvalue weighted by Crippen LogP contribution is -2.37. The molecule has 1 aromatic rings. The summed E-state index contributed by atoms with van der Waals surface area (Å²) in [5.41, 5.74) is 6.72. The van der Waals surface area contributed by atoms with E-state index in [1.54, 1.807) is 6.07 Å². The SMILES string of the molecule is COc1cc(N2CCC[C@@H]2CN(C)C)c([N+](=O)[O-])cc1N. The van der Waals surface area contributed by atoms with Crippen molar-refractivity contribution in [1.82, 2.24) is 4.90 Å². The Morgan fingerprint density at radius 1 is 1.52 bits per heavy atom. The molecule has 1 saturated heterocycles. The van der Waals surface area contributed by atoms with Crippen molar-refractivity contribution in [3.63, 3.8) is 0 Å². The van der Waals surface area contributed by atoms with Crippen LogP contribution in [0.5, 0.6) is 5.75 Å². The number of nitrogens with zero attached hydrogens (tertiary/aromatic N) is 3. The molecule has 1 aliphatic rings. The molecule has 1 atom stereocenters. The molecule has 7 nitrogen and oxygen atoms in total. The molecule has 0 unspecified atom stereocenters. The number of rotatable bonds is 5. The van der Waals surface area contributed by atoms with Gasteiger partial charge in [0.15, 0.2) is 0 Å². The van der Waals surface area contributed by atoms with E-state index in [1.807, 2.05) is 14.1 Å². The molecule has 7 heteroatoms. The van der Waals surface area contributed by atoms with Crippen molar-refractivity contribution in [3.8, 4) is 5.75 Å². The fourth-order valence-electron chi connectivity index (χ4n) is 2.89. The number of hydrogen-bond acceptors (Lipinski definition) is 6. The summed E-state index contributed by atoms with van der Waals surface area (Å²) in [5, 5.41) is 11.3. The number of methoxy groups -OCH3 is 1. The molecule has 116 valence electrons. The fraction of sp³-hybridized carbons (Fsp3) is 0.571. The van der Waals surface area contributed by atoms with Crippen LogP contribution in [0.25, 0.3) is 0 Å². The summed E-state index contributed by atoms with van der Waals surface area (Å²) in [6.07, 6.45) is 2.06. The highest BCUT2D eigenvalue weighted by molar-refractivity contribution is 5.74. The van der Waals surface area contributed by atoms with E-state index in [9.17, 15) is 10.1 Å². The van der Waals surface area contributed by atoms with E-state index in [0.717, 1.165) is 25.9 Å². The average Bonchev–Trinajstić information content (AvgIpc) is 2.85. The highest BCUT2D eigenvalue weighted by Crippen LogP contribution is 2.39. The predicted octanol–water partition coefficient (Wildman–Crippen LogP) is 1.72. The second-order valence-corrected chi connectivity index (χ2v) is 5.59. The Balaban J connectivity index is 2.43. The van der Waals surface area contributed by atoms with E-state index >= 15 is 0 Å². The molecule has 0 aromatic heterocycles. The number of hydrogen-bond donors (Lipinski definition) is 1. The van der Waals surface area contributed by atoms with Crippen LogP contribution in [0.15, 0.2) is 12.1 Å². The van der Waals surface area contributed by atoms with E-state index in [0.29, 0.717) is 11.4 Å². The number of benzene rings is 1. The average molecular weight is 294 g/mol. The second-order valence-electron chi connectivity index (χ2n) is 5.59. The third kappa shape index (κ3) is 3.18. The van der Waals surface area contributed by atoms with Gasteiger partial charge in [0, 0.05) is 31.3 Å². The molecule has 2 rings (SSSR count). The second kappa shape index (κ2) is 6.17. The third-order valence-electron chi connectivity index (χ3n) is 3.79. The van der Waals surface area contributed by atoms with E-state index in [1.165, 1.54) is 13.2 Å². The summed E-state index contributed by atoms with van der Waals surface area (Å²) in [4.78, 5) is 15.2. The van der Waals surface area contributed by atoms with Crippen LogP contribution in [0, 0.1) is 10.1 Å². The van der Waals surface area contributed by atoms with E-state index in [-0.39, 0.29) is 22.3 Å². The molecule has 0 radical (unpaired) electrons. The van der Waals surface area contributed by atoms with Crippen molar-refractivity contribution in [2.24, 2.45) is 0 Å². The van der Waals surface area contributed by atoms with Crippen LogP contribution in [0.1, 0.15) is 12.8 Å². The number of nitro groups is 1. The minimum atomic E-state index is -0.379. The maximum absolute atomic E-state index is 11.3. The Kier molecular flexibility index (Phi) is 4.52. The Hall–Kier alpha value is -2.02. The van der Waals surface area contributed by atoms with Crippen LogP contribution < -0.4 is 15.4 Å². The number of ether oxygens (including phenoxy) is 1. The van der Waals surface area contributed by atoms with Gasteiger partial charge in [0.1, 0.15) is 11.4 Å². The number of nitrogen functional groups attached to an aromatic ring is 1. The first-order valence-electron chi connectivity index (χ1n) is 6.97. The Morgan fingerprint density at radius 3 is 2.81 bits per heavy atom. The quantitative estimate of drug-likeness (QED) is 0.505. The number of nitrogens with two attached hydrogens (primary N) is 1. The van der Waals surface area contributed by atoms with Gasteiger partial charge in [-0.15, -0.1) is 0 Å². The minimum absolute atomic E-state index is 0.0407. The minimum Gasteiger partial charge on any atom is -0.495 e. The number of nitro benzene ring substituents is 1. The summed E-state index contributed by atoms with van der Waals surface area (Å²) in [6, 6.07) is 3.34. The lowest BCUT2D eigenvalue weighted by molar-refractivity contribution is -0.384. The van der Waals surface area contributed by atoms with E-state index < -0.39 is 0 Å². The first kappa shape index (κ1) is 15.4. The summed E-state index contributed by atoms with van der Waals surface area (Å²) in [6.45, 7) is 1.68. The zero-order chi connectivity index (χ0) is 15.6. The van der Waals surface area contributed by atoms with Crippen LogP contribution in [0.4, 0.5) is 17.1 Å². The molecule has 1 fully saturated rings. The molecule has 21 heavy (non-hydrogen) atoms. The lowest BCUT2D eigenvalue weighted by Gasteiger charge is -2.29. The van der Waals surface area contributed by atoms with Gasteiger partial charge in [0.25, 0.3) is 5.69 Å². The fourth-order valence-corrected chi connectivity index (χ4v) is 2.89. The van der Waals surface area contributed by atoms with Crippen molar-refractivity contribution in [3.05, 3.63) is 22.2 Å². The zero-order valence-corrected chi connectivity index (χ0v) is 12.7. The summed E-state index contributed by atoms with van der Waals surface area (Å²) in [5.74, 6) is 0.478. The molecular formula is C14H22N4O3. The van der Waals surface area contributed by atoms with Gasteiger partial charge in [0.2, 0.25) is 0 Å². The highest BCUT2D eigenvalue weighted by atomic mass is 16.6. The van der Waals surface area contributed by atoms with Crippen LogP contribution in [-0.2, 0) is 0 Å². The molecule has 0 aliphatic carbocycles. The first-order chi connectivity index (χ1) is 9.93. The van der Waals surface area contributed by atoms with Gasteiger partial charge < -0.3 is 20.3 Å². The smallest absolute Gasteiger partial charge is 0.294 e. The van der Waals surface area contributed by atoms with Gasteiger partial charge in [-0.1, -0.05) is 0 Å². The molecular weight excluding hydrogens is 272 g/mol. The highest BCUT2D eigenvalue weighted by Gasteiger charge is 2.31. The van der Waals surface area contributed by atoms with Crippen molar-refractivity contribution < 1.29 is 9.66 Å².